The Morgan fingerprint density at radius 2 is 1.32 bits per heavy atom. The Morgan fingerprint density at radius 3 is 1.68 bits per heavy atom. The summed E-state index contributed by atoms with van der Waals surface area (Å²) >= 11 is 0. The van der Waals surface area contributed by atoms with Crippen LogP contribution in [-0.4, -0.2) is 20.4 Å². The Hall–Kier alpha value is -2.14. The average Bonchev–Trinajstić information content (AvgIpc) is 2.40. The quantitative estimate of drug-likeness (QED) is 0.636. The van der Waals surface area contributed by atoms with Crippen LogP contribution in [0.2, 0.25) is 0 Å². The lowest BCUT2D eigenvalue weighted by molar-refractivity contribution is 0.343. The first-order valence-corrected chi connectivity index (χ1v) is 7.45. The van der Waals surface area contributed by atoms with Gasteiger partial charge in [-0.05, 0) is 0 Å². The predicted octanol–water partition coefficient (Wildman–Crippen LogP) is 2.42. The zero-order valence-electron chi connectivity index (χ0n) is 10.4. The van der Waals surface area contributed by atoms with Crippen LogP contribution in [0, 0.1) is 0 Å². The molecule has 0 atom stereocenters. The SMILES string of the molecule is CS(=O)(=O)ON=C(c1ccccc1)c1ccccc1. The monoisotopic (exact) mass is 275 g/mol. The Morgan fingerprint density at radius 1 is 0.895 bits per heavy atom. The molecule has 98 valence electrons. The molecular weight excluding hydrogens is 262 g/mol. The van der Waals surface area contributed by atoms with Gasteiger partial charge in [-0.3, -0.25) is 4.28 Å². The molecule has 0 spiro atoms. The van der Waals surface area contributed by atoms with Crippen molar-refractivity contribution in [1.29, 1.82) is 0 Å². The van der Waals surface area contributed by atoms with Gasteiger partial charge in [0.05, 0.1) is 6.26 Å². The van der Waals surface area contributed by atoms with Crippen LogP contribution >= 0.6 is 0 Å². The molecule has 0 fully saturated rings. The minimum Gasteiger partial charge on any atom is -0.268 e. The molecule has 0 bridgehead atoms. The first kappa shape index (κ1) is 13.3. The Balaban J connectivity index is 2.46. The van der Waals surface area contributed by atoms with Crippen molar-refractivity contribution >= 4 is 15.8 Å². The number of benzene rings is 2. The van der Waals surface area contributed by atoms with E-state index in [0.717, 1.165) is 17.4 Å². The van der Waals surface area contributed by atoms with Crippen LogP contribution in [0.15, 0.2) is 65.8 Å². The zero-order chi connectivity index (χ0) is 13.7. The van der Waals surface area contributed by atoms with Crippen molar-refractivity contribution in [1.82, 2.24) is 0 Å². The largest absolute Gasteiger partial charge is 0.325 e. The molecule has 0 saturated heterocycles. The van der Waals surface area contributed by atoms with Gasteiger partial charge in [-0.25, -0.2) is 0 Å². The van der Waals surface area contributed by atoms with E-state index in [1.54, 1.807) is 0 Å². The van der Waals surface area contributed by atoms with E-state index in [0.29, 0.717) is 5.71 Å². The number of rotatable bonds is 4. The van der Waals surface area contributed by atoms with E-state index >= 15 is 0 Å². The molecule has 0 aromatic heterocycles. The highest BCUT2D eigenvalue weighted by atomic mass is 32.2. The molecule has 2 aromatic rings. The van der Waals surface area contributed by atoms with Crippen molar-refractivity contribution in [2.24, 2.45) is 5.16 Å². The summed E-state index contributed by atoms with van der Waals surface area (Å²) in [5.74, 6) is 0. The van der Waals surface area contributed by atoms with E-state index in [9.17, 15) is 8.42 Å². The van der Waals surface area contributed by atoms with Gasteiger partial charge >= 0.3 is 10.1 Å². The molecule has 0 unspecified atom stereocenters. The lowest BCUT2D eigenvalue weighted by Crippen LogP contribution is -2.06. The summed E-state index contributed by atoms with van der Waals surface area (Å²) in [5.41, 5.74) is 2.06. The van der Waals surface area contributed by atoms with Gasteiger partial charge in [0.25, 0.3) is 0 Å². The fourth-order valence-electron chi connectivity index (χ4n) is 1.57. The van der Waals surface area contributed by atoms with Gasteiger partial charge in [0.15, 0.2) is 0 Å². The van der Waals surface area contributed by atoms with Crippen LogP contribution in [0.1, 0.15) is 11.1 Å². The standard InChI is InChI=1S/C14H13NO3S/c1-19(16,17)18-15-14(12-8-4-2-5-9-12)13-10-6-3-7-11-13/h2-11H,1H3. The molecule has 0 aliphatic heterocycles. The summed E-state index contributed by atoms with van der Waals surface area (Å²) in [6.07, 6.45) is 0.962. The molecule has 0 heterocycles. The lowest BCUT2D eigenvalue weighted by Gasteiger charge is -2.06. The minimum absolute atomic E-state index is 0.478. The number of hydrogen-bond acceptors (Lipinski definition) is 4. The van der Waals surface area contributed by atoms with Gasteiger partial charge in [0, 0.05) is 11.1 Å². The van der Waals surface area contributed by atoms with Crippen molar-refractivity contribution in [2.45, 2.75) is 0 Å². The Kier molecular flexibility index (Phi) is 3.97. The normalized spacial score (nSPS) is 10.8. The van der Waals surface area contributed by atoms with Crippen molar-refractivity contribution in [3.8, 4) is 0 Å². The molecule has 2 rings (SSSR count). The maximum absolute atomic E-state index is 11.1. The molecule has 0 N–H and O–H groups in total. The van der Waals surface area contributed by atoms with Crippen molar-refractivity contribution < 1.29 is 12.7 Å². The third-order valence-electron chi connectivity index (χ3n) is 2.36. The summed E-state index contributed by atoms with van der Waals surface area (Å²) in [6, 6.07) is 18.6. The van der Waals surface area contributed by atoms with Crippen molar-refractivity contribution in [2.75, 3.05) is 6.26 Å². The molecule has 2 aromatic carbocycles. The lowest BCUT2D eigenvalue weighted by atomic mass is 10.0. The Labute approximate surface area is 112 Å². The molecule has 0 aliphatic rings. The zero-order valence-corrected chi connectivity index (χ0v) is 11.2. The summed E-state index contributed by atoms with van der Waals surface area (Å²) in [7, 11) is -3.62. The summed E-state index contributed by atoms with van der Waals surface area (Å²) in [4.78, 5) is 0. The maximum Gasteiger partial charge on any atom is 0.325 e. The van der Waals surface area contributed by atoms with Gasteiger partial charge in [-0.1, -0.05) is 65.8 Å². The summed E-state index contributed by atoms with van der Waals surface area (Å²) in [6.45, 7) is 0. The minimum atomic E-state index is -3.62. The Bertz CT molecular complexity index is 623. The molecule has 5 heteroatoms. The molecule has 19 heavy (non-hydrogen) atoms. The van der Waals surface area contributed by atoms with E-state index in [2.05, 4.69) is 9.44 Å². The van der Waals surface area contributed by atoms with Crippen molar-refractivity contribution in [3.63, 3.8) is 0 Å². The maximum atomic E-state index is 11.1. The van der Waals surface area contributed by atoms with E-state index in [1.165, 1.54) is 0 Å². The van der Waals surface area contributed by atoms with E-state index in [4.69, 9.17) is 0 Å². The topological polar surface area (TPSA) is 55.7 Å². The first-order valence-electron chi connectivity index (χ1n) is 5.64. The number of hydrogen-bond donors (Lipinski definition) is 0. The van der Waals surface area contributed by atoms with Crippen LogP contribution in [0.3, 0.4) is 0 Å². The number of oxime groups is 1. The van der Waals surface area contributed by atoms with Crippen molar-refractivity contribution in [3.05, 3.63) is 71.8 Å². The number of nitrogens with zero attached hydrogens (tertiary/aromatic N) is 1. The van der Waals surface area contributed by atoms with E-state index in [1.807, 2.05) is 60.7 Å². The van der Waals surface area contributed by atoms with Gasteiger partial charge in [-0.15, -0.1) is 0 Å². The van der Waals surface area contributed by atoms with Gasteiger partial charge in [0.1, 0.15) is 5.71 Å². The second-order valence-corrected chi connectivity index (χ2v) is 5.51. The van der Waals surface area contributed by atoms with Crippen LogP contribution < -0.4 is 0 Å². The molecule has 4 nitrogen and oxygen atoms in total. The van der Waals surface area contributed by atoms with Gasteiger partial charge in [0.2, 0.25) is 0 Å². The smallest absolute Gasteiger partial charge is 0.268 e. The van der Waals surface area contributed by atoms with Crippen LogP contribution in [0.4, 0.5) is 0 Å². The van der Waals surface area contributed by atoms with Crippen LogP contribution in [0.25, 0.3) is 0 Å². The molecule has 0 aliphatic carbocycles. The van der Waals surface area contributed by atoms with Crippen LogP contribution in [-0.2, 0) is 14.4 Å². The predicted molar refractivity (Wildman–Crippen MR) is 74.5 cm³/mol. The average molecular weight is 275 g/mol. The second-order valence-electron chi connectivity index (χ2n) is 3.95. The highest BCUT2D eigenvalue weighted by molar-refractivity contribution is 7.85. The second kappa shape index (κ2) is 5.67. The van der Waals surface area contributed by atoms with Gasteiger partial charge in [-0.2, -0.15) is 8.42 Å². The van der Waals surface area contributed by atoms with E-state index in [-0.39, 0.29) is 0 Å². The third kappa shape index (κ3) is 3.93. The third-order valence-corrected chi connectivity index (χ3v) is 2.70. The summed E-state index contributed by atoms with van der Waals surface area (Å²) < 4.78 is 26.7. The van der Waals surface area contributed by atoms with E-state index < -0.39 is 10.1 Å². The van der Waals surface area contributed by atoms with Crippen LogP contribution in [0.5, 0.6) is 0 Å². The fourth-order valence-corrected chi connectivity index (χ4v) is 1.78. The summed E-state index contributed by atoms with van der Waals surface area (Å²) in [5, 5.41) is 3.76. The molecular formula is C14H13NO3S. The first-order chi connectivity index (χ1) is 9.06. The van der Waals surface area contributed by atoms with Gasteiger partial charge < -0.3 is 0 Å². The highest BCUT2D eigenvalue weighted by Crippen LogP contribution is 2.11. The fraction of sp³-hybridized carbons (Fsp3) is 0.0714. The molecule has 0 saturated carbocycles. The molecule has 0 amide bonds. The highest BCUT2D eigenvalue weighted by Gasteiger charge is 2.09. The molecule has 0 radical (unpaired) electrons.